The van der Waals surface area contributed by atoms with E-state index in [1.54, 1.807) is 7.11 Å². The van der Waals surface area contributed by atoms with E-state index in [9.17, 15) is 13.2 Å². The highest BCUT2D eigenvalue weighted by Gasteiger charge is 2.20. The maximum Gasteiger partial charge on any atom is 0.221 e. The minimum absolute atomic E-state index is 0.106. The van der Waals surface area contributed by atoms with E-state index in [0.717, 1.165) is 29.7 Å². The van der Waals surface area contributed by atoms with Gasteiger partial charge >= 0.3 is 0 Å². The molecule has 1 aliphatic heterocycles. The van der Waals surface area contributed by atoms with E-state index in [1.807, 2.05) is 18.2 Å². The Morgan fingerprint density at radius 1 is 1.43 bits per heavy atom. The second-order valence-corrected chi connectivity index (χ2v) is 7.41. The zero-order valence-electron chi connectivity index (χ0n) is 13.3. The highest BCUT2D eigenvalue weighted by molar-refractivity contribution is 7.88. The van der Waals surface area contributed by atoms with Crippen molar-refractivity contribution in [1.29, 1.82) is 0 Å². The maximum atomic E-state index is 11.7. The van der Waals surface area contributed by atoms with Gasteiger partial charge in [0.15, 0.2) is 0 Å². The Bertz CT molecular complexity index is 660. The van der Waals surface area contributed by atoms with Gasteiger partial charge in [0.25, 0.3) is 0 Å². The van der Waals surface area contributed by atoms with Crippen molar-refractivity contribution in [1.82, 2.24) is 10.0 Å². The summed E-state index contributed by atoms with van der Waals surface area (Å²) in [6, 6.07) is 5.72. The Kier molecular flexibility index (Phi) is 5.84. The van der Waals surface area contributed by atoms with Gasteiger partial charge in [-0.1, -0.05) is 6.07 Å². The number of hydrogen-bond acceptors (Lipinski definition) is 5. The summed E-state index contributed by atoms with van der Waals surface area (Å²) in [7, 11) is -1.64. The van der Waals surface area contributed by atoms with Crippen molar-refractivity contribution in [2.75, 3.05) is 33.1 Å². The zero-order valence-corrected chi connectivity index (χ0v) is 14.1. The second-order valence-electron chi connectivity index (χ2n) is 5.58. The number of sulfonamides is 1. The summed E-state index contributed by atoms with van der Waals surface area (Å²) < 4.78 is 35.0. The summed E-state index contributed by atoms with van der Waals surface area (Å²) in [5.74, 6) is 1.60. The molecule has 0 bridgehead atoms. The molecule has 0 unspecified atom stereocenters. The summed E-state index contributed by atoms with van der Waals surface area (Å²) in [6.07, 6.45) is 2.01. The number of hydrogen-bond donors (Lipinski definition) is 2. The van der Waals surface area contributed by atoms with Crippen LogP contribution in [0.25, 0.3) is 0 Å². The van der Waals surface area contributed by atoms with Crippen LogP contribution in [0.1, 0.15) is 12.0 Å². The molecular weight excluding hydrogens is 320 g/mol. The Balaban J connectivity index is 1.76. The van der Waals surface area contributed by atoms with Crippen LogP contribution in [0.3, 0.4) is 0 Å². The molecule has 0 aliphatic carbocycles. The molecule has 0 aromatic heterocycles. The van der Waals surface area contributed by atoms with Crippen LogP contribution in [0.5, 0.6) is 11.5 Å². The van der Waals surface area contributed by atoms with Gasteiger partial charge < -0.3 is 14.8 Å². The van der Waals surface area contributed by atoms with E-state index in [0.29, 0.717) is 13.2 Å². The van der Waals surface area contributed by atoms with Gasteiger partial charge in [0, 0.05) is 31.5 Å². The minimum atomic E-state index is -3.25. The highest BCUT2D eigenvalue weighted by Crippen LogP contribution is 2.30. The van der Waals surface area contributed by atoms with Crippen LogP contribution >= 0.6 is 0 Å². The summed E-state index contributed by atoms with van der Waals surface area (Å²) >= 11 is 0. The third-order valence-electron chi connectivity index (χ3n) is 3.56. The van der Waals surface area contributed by atoms with Crippen LogP contribution in [0.15, 0.2) is 18.2 Å². The van der Waals surface area contributed by atoms with Gasteiger partial charge in [0.2, 0.25) is 15.9 Å². The van der Waals surface area contributed by atoms with Gasteiger partial charge in [-0.15, -0.1) is 0 Å². The van der Waals surface area contributed by atoms with Gasteiger partial charge in [-0.05, 0) is 18.1 Å². The Labute approximate surface area is 136 Å². The Hall–Kier alpha value is -1.80. The average molecular weight is 342 g/mol. The van der Waals surface area contributed by atoms with Gasteiger partial charge in [-0.2, -0.15) is 0 Å². The van der Waals surface area contributed by atoms with Crippen molar-refractivity contribution >= 4 is 15.9 Å². The first-order chi connectivity index (χ1) is 10.9. The SMILES string of the molecule is COc1ccc2c(c1)OC[C@H](CNC(=O)CCNS(C)(=O)=O)C2. The highest BCUT2D eigenvalue weighted by atomic mass is 32.2. The van der Waals surface area contributed by atoms with Crippen LogP contribution in [-0.4, -0.2) is 47.4 Å². The molecule has 0 radical (unpaired) electrons. The lowest BCUT2D eigenvalue weighted by atomic mass is 9.96. The van der Waals surface area contributed by atoms with Gasteiger partial charge in [-0.25, -0.2) is 13.1 Å². The van der Waals surface area contributed by atoms with Crippen LogP contribution in [0.4, 0.5) is 0 Å². The smallest absolute Gasteiger partial charge is 0.221 e. The van der Waals surface area contributed by atoms with Crippen molar-refractivity contribution in [3.05, 3.63) is 23.8 Å². The normalized spacial score (nSPS) is 17.0. The van der Waals surface area contributed by atoms with Gasteiger partial charge in [0.1, 0.15) is 11.5 Å². The molecule has 2 N–H and O–H groups in total. The fourth-order valence-corrected chi connectivity index (χ4v) is 2.84. The molecule has 0 spiro atoms. The largest absolute Gasteiger partial charge is 0.497 e. The number of rotatable bonds is 7. The average Bonchev–Trinajstić information content (AvgIpc) is 2.51. The third-order valence-corrected chi connectivity index (χ3v) is 4.29. The van der Waals surface area contributed by atoms with Crippen molar-refractivity contribution in [3.63, 3.8) is 0 Å². The first kappa shape index (κ1) is 17.6. The number of ether oxygens (including phenoxy) is 2. The van der Waals surface area contributed by atoms with E-state index in [4.69, 9.17) is 9.47 Å². The molecular formula is C15H22N2O5S. The zero-order chi connectivity index (χ0) is 16.9. The molecule has 2 rings (SSSR count). The summed E-state index contributed by atoms with van der Waals surface area (Å²) in [5.41, 5.74) is 1.09. The summed E-state index contributed by atoms with van der Waals surface area (Å²) in [5, 5.41) is 2.81. The fraction of sp³-hybridized carbons (Fsp3) is 0.533. The quantitative estimate of drug-likeness (QED) is 0.743. The number of nitrogens with one attached hydrogen (secondary N) is 2. The molecule has 1 heterocycles. The molecule has 8 heteroatoms. The fourth-order valence-electron chi connectivity index (χ4n) is 2.37. The molecule has 128 valence electrons. The second kappa shape index (κ2) is 7.65. The molecule has 1 aliphatic rings. The third kappa shape index (κ3) is 5.72. The molecule has 0 saturated heterocycles. The first-order valence-corrected chi connectivity index (χ1v) is 9.27. The summed E-state index contributed by atoms with van der Waals surface area (Å²) in [6.45, 7) is 1.14. The van der Waals surface area contributed by atoms with Crippen molar-refractivity contribution in [3.8, 4) is 11.5 Å². The topological polar surface area (TPSA) is 93.7 Å². The van der Waals surface area contributed by atoms with Crippen LogP contribution in [-0.2, 0) is 21.2 Å². The number of methoxy groups -OCH3 is 1. The van der Waals surface area contributed by atoms with Crippen molar-refractivity contribution in [2.24, 2.45) is 5.92 Å². The number of benzene rings is 1. The van der Waals surface area contributed by atoms with Crippen molar-refractivity contribution in [2.45, 2.75) is 12.8 Å². The van der Waals surface area contributed by atoms with Crippen molar-refractivity contribution < 1.29 is 22.7 Å². The van der Waals surface area contributed by atoms with E-state index in [-0.39, 0.29) is 24.8 Å². The van der Waals surface area contributed by atoms with Crippen LogP contribution < -0.4 is 19.5 Å². The Morgan fingerprint density at radius 3 is 2.91 bits per heavy atom. The van der Waals surface area contributed by atoms with E-state index >= 15 is 0 Å². The minimum Gasteiger partial charge on any atom is -0.497 e. The molecule has 1 aromatic rings. The number of carbonyl (C=O) groups excluding carboxylic acids is 1. The van der Waals surface area contributed by atoms with Crippen LogP contribution in [0, 0.1) is 5.92 Å². The van der Waals surface area contributed by atoms with Crippen LogP contribution in [0.2, 0.25) is 0 Å². The molecule has 1 amide bonds. The van der Waals surface area contributed by atoms with E-state index in [1.165, 1.54) is 0 Å². The van der Waals surface area contributed by atoms with E-state index < -0.39 is 10.0 Å². The molecule has 0 saturated carbocycles. The molecule has 7 nitrogen and oxygen atoms in total. The predicted molar refractivity (Wildman–Crippen MR) is 86.2 cm³/mol. The number of carbonyl (C=O) groups is 1. The summed E-state index contributed by atoms with van der Waals surface area (Å²) in [4.78, 5) is 11.7. The van der Waals surface area contributed by atoms with Gasteiger partial charge in [0.05, 0.1) is 20.0 Å². The molecule has 1 aromatic carbocycles. The lowest BCUT2D eigenvalue weighted by Crippen LogP contribution is -2.36. The number of fused-ring (bicyclic) bond motifs is 1. The van der Waals surface area contributed by atoms with Gasteiger partial charge in [-0.3, -0.25) is 4.79 Å². The monoisotopic (exact) mass is 342 g/mol. The predicted octanol–water partition coefficient (Wildman–Crippen LogP) is 0.302. The standard InChI is InChI=1S/C15H22N2O5S/c1-21-13-4-3-12-7-11(10-22-14(12)8-13)9-16-15(18)5-6-17-23(2,19)20/h3-4,8,11,17H,5-7,9-10H2,1-2H3,(H,16,18)/t11-/m0/s1. The van der Waals surface area contributed by atoms with E-state index in [2.05, 4.69) is 10.0 Å². The Morgan fingerprint density at radius 2 is 2.22 bits per heavy atom. The molecule has 0 fully saturated rings. The molecule has 23 heavy (non-hydrogen) atoms. The lowest BCUT2D eigenvalue weighted by Gasteiger charge is -2.25. The molecule has 1 atom stereocenters. The first-order valence-electron chi connectivity index (χ1n) is 7.38. The lowest BCUT2D eigenvalue weighted by molar-refractivity contribution is -0.121. The maximum absolute atomic E-state index is 11.7. The number of amides is 1.